The van der Waals surface area contributed by atoms with E-state index in [9.17, 15) is 4.79 Å². The molecule has 5 nitrogen and oxygen atoms in total. The van der Waals surface area contributed by atoms with Gasteiger partial charge in [0.15, 0.2) is 0 Å². The monoisotopic (exact) mass is 444 g/mol. The Bertz CT molecular complexity index is 1190. The number of fused-ring (bicyclic) bond motifs is 1. The molecular weight excluding hydrogens is 415 g/mol. The molecule has 0 saturated heterocycles. The van der Waals surface area contributed by atoms with Crippen molar-refractivity contribution in [3.05, 3.63) is 59.8 Å². The summed E-state index contributed by atoms with van der Waals surface area (Å²) in [5, 5.41) is 4.52. The van der Waals surface area contributed by atoms with Crippen molar-refractivity contribution in [1.82, 2.24) is 19.7 Å². The lowest BCUT2D eigenvalue weighted by Gasteiger charge is -2.29. The van der Waals surface area contributed by atoms with Crippen LogP contribution in [0.2, 0.25) is 0 Å². The molecule has 0 bridgehead atoms. The Morgan fingerprint density at radius 1 is 0.970 bits per heavy atom. The SMILES string of the molecule is O=C1Cc2cc(-c3nccc(F)c3-c3cnn(CC4CCCC4)c3)ccc2CN1CC1CC1. The van der Waals surface area contributed by atoms with E-state index in [1.165, 1.54) is 56.4 Å². The highest BCUT2D eigenvalue weighted by molar-refractivity contribution is 5.84. The van der Waals surface area contributed by atoms with Crippen molar-refractivity contribution in [3.8, 4) is 22.4 Å². The summed E-state index contributed by atoms with van der Waals surface area (Å²) < 4.78 is 17.0. The molecule has 33 heavy (non-hydrogen) atoms. The molecule has 170 valence electrons. The number of carbonyl (C=O) groups is 1. The second-order valence-electron chi connectivity index (χ2n) is 10.00. The Morgan fingerprint density at radius 3 is 2.61 bits per heavy atom. The molecule has 3 heterocycles. The molecule has 2 aromatic heterocycles. The van der Waals surface area contributed by atoms with Gasteiger partial charge in [0, 0.05) is 48.7 Å². The second kappa shape index (κ2) is 8.40. The Balaban J connectivity index is 1.30. The number of aromatic nitrogens is 3. The normalized spacial score (nSPS) is 18.7. The fraction of sp³-hybridized carbons (Fsp3) is 0.444. The molecule has 1 aliphatic heterocycles. The third-order valence-electron chi connectivity index (χ3n) is 7.45. The Hall–Kier alpha value is -3.02. The maximum Gasteiger partial charge on any atom is 0.227 e. The zero-order valence-corrected chi connectivity index (χ0v) is 18.8. The average molecular weight is 445 g/mol. The highest BCUT2D eigenvalue weighted by atomic mass is 19.1. The first-order valence-corrected chi connectivity index (χ1v) is 12.2. The largest absolute Gasteiger partial charge is 0.338 e. The first-order valence-electron chi connectivity index (χ1n) is 12.2. The van der Waals surface area contributed by atoms with Crippen LogP contribution in [0.1, 0.15) is 49.7 Å². The number of pyridine rings is 1. The summed E-state index contributed by atoms with van der Waals surface area (Å²) in [5.41, 5.74) is 4.88. The van der Waals surface area contributed by atoms with Gasteiger partial charge in [-0.05, 0) is 60.8 Å². The minimum Gasteiger partial charge on any atom is -0.338 e. The molecule has 1 amide bonds. The zero-order valence-electron chi connectivity index (χ0n) is 18.8. The molecule has 1 aromatic carbocycles. The molecule has 0 unspecified atom stereocenters. The third-order valence-corrected chi connectivity index (χ3v) is 7.45. The first-order chi connectivity index (χ1) is 16.1. The van der Waals surface area contributed by atoms with Gasteiger partial charge >= 0.3 is 0 Å². The highest BCUT2D eigenvalue weighted by Gasteiger charge is 2.30. The molecule has 0 spiro atoms. The number of benzene rings is 1. The average Bonchev–Trinajstić information content (AvgIpc) is 3.27. The van der Waals surface area contributed by atoms with Gasteiger partial charge in [-0.1, -0.05) is 25.0 Å². The molecule has 2 fully saturated rings. The second-order valence-corrected chi connectivity index (χ2v) is 10.00. The number of amides is 1. The van der Waals surface area contributed by atoms with Crippen molar-refractivity contribution in [3.63, 3.8) is 0 Å². The maximum atomic E-state index is 15.1. The number of hydrogen-bond donors (Lipinski definition) is 0. The molecule has 0 atom stereocenters. The number of carbonyl (C=O) groups excluding carboxylic acids is 1. The predicted molar refractivity (Wildman–Crippen MR) is 125 cm³/mol. The standard InChI is InChI=1S/C27H29FN4O/c28-24-9-10-29-27(26(24)23-13-30-32(17-23)15-18-3-1-2-4-18)20-7-8-21-16-31(14-19-5-6-19)25(33)12-22(21)11-20/h7-11,13,17-19H,1-6,12,14-16H2. The van der Waals surface area contributed by atoms with Gasteiger partial charge in [0.05, 0.1) is 18.3 Å². The fourth-order valence-corrected chi connectivity index (χ4v) is 5.42. The first kappa shape index (κ1) is 20.6. The van der Waals surface area contributed by atoms with Crippen molar-refractivity contribution < 1.29 is 9.18 Å². The predicted octanol–water partition coefficient (Wildman–Crippen LogP) is 5.24. The molecule has 3 aliphatic rings. The van der Waals surface area contributed by atoms with Crippen LogP contribution < -0.4 is 0 Å². The van der Waals surface area contributed by atoms with Crippen molar-refractivity contribution in [1.29, 1.82) is 0 Å². The Kier molecular flexibility index (Phi) is 5.24. The van der Waals surface area contributed by atoms with Crippen LogP contribution in [-0.2, 0) is 24.3 Å². The summed E-state index contributed by atoms with van der Waals surface area (Å²) >= 11 is 0. The molecule has 2 aliphatic carbocycles. The molecular formula is C27H29FN4O. The van der Waals surface area contributed by atoms with E-state index in [4.69, 9.17) is 0 Å². The zero-order chi connectivity index (χ0) is 22.4. The van der Waals surface area contributed by atoms with Gasteiger partial charge in [0.25, 0.3) is 0 Å². The Morgan fingerprint density at radius 2 is 1.79 bits per heavy atom. The number of halogens is 1. The maximum absolute atomic E-state index is 15.1. The van der Waals surface area contributed by atoms with Gasteiger partial charge in [0.1, 0.15) is 5.82 Å². The van der Waals surface area contributed by atoms with Crippen LogP contribution in [-0.4, -0.2) is 32.1 Å². The minimum absolute atomic E-state index is 0.187. The van der Waals surface area contributed by atoms with Crippen molar-refractivity contribution in [2.75, 3.05) is 6.54 Å². The van der Waals surface area contributed by atoms with Crippen molar-refractivity contribution >= 4 is 5.91 Å². The Labute approximate surface area is 193 Å². The van der Waals surface area contributed by atoms with Gasteiger partial charge in [-0.15, -0.1) is 0 Å². The summed E-state index contributed by atoms with van der Waals surface area (Å²) in [5.74, 6) is 1.23. The quantitative estimate of drug-likeness (QED) is 0.523. The van der Waals surface area contributed by atoms with Gasteiger partial charge in [-0.2, -0.15) is 5.10 Å². The van der Waals surface area contributed by atoms with Crippen LogP contribution in [0.25, 0.3) is 22.4 Å². The third kappa shape index (κ3) is 4.19. The summed E-state index contributed by atoms with van der Waals surface area (Å²) in [7, 11) is 0. The molecule has 0 radical (unpaired) electrons. The number of nitrogens with zero attached hydrogens (tertiary/aromatic N) is 4. The van der Waals surface area contributed by atoms with Crippen LogP contribution in [0.4, 0.5) is 4.39 Å². The highest BCUT2D eigenvalue weighted by Crippen LogP contribution is 2.36. The van der Waals surface area contributed by atoms with E-state index < -0.39 is 0 Å². The van der Waals surface area contributed by atoms with Crippen LogP contribution in [0.5, 0.6) is 0 Å². The van der Waals surface area contributed by atoms with Crippen molar-refractivity contribution in [2.24, 2.45) is 11.8 Å². The summed E-state index contributed by atoms with van der Waals surface area (Å²) in [4.78, 5) is 19.2. The van der Waals surface area contributed by atoms with E-state index >= 15 is 4.39 Å². The number of hydrogen-bond acceptors (Lipinski definition) is 3. The smallest absolute Gasteiger partial charge is 0.227 e. The number of rotatable bonds is 6. The van der Waals surface area contributed by atoms with Crippen molar-refractivity contribution in [2.45, 2.75) is 58.0 Å². The molecule has 2 saturated carbocycles. The lowest BCUT2D eigenvalue weighted by atomic mass is 9.93. The van der Waals surface area contributed by atoms with Crippen LogP contribution in [0.15, 0.2) is 42.9 Å². The van der Waals surface area contributed by atoms with E-state index in [0.29, 0.717) is 36.1 Å². The lowest BCUT2D eigenvalue weighted by Crippen LogP contribution is -2.37. The van der Waals surface area contributed by atoms with E-state index in [-0.39, 0.29) is 11.7 Å². The van der Waals surface area contributed by atoms with Gasteiger partial charge < -0.3 is 4.90 Å². The van der Waals surface area contributed by atoms with Crippen LogP contribution >= 0.6 is 0 Å². The van der Waals surface area contributed by atoms with Crippen LogP contribution in [0.3, 0.4) is 0 Å². The van der Waals surface area contributed by atoms with E-state index in [0.717, 1.165) is 29.8 Å². The summed E-state index contributed by atoms with van der Waals surface area (Å²) in [6.45, 7) is 2.43. The molecule has 0 N–H and O–H groups in total. The summed E-state index contributed by atoms with van der Waals surface area (Å²) in [6, 6.07) is 7.52. The van der Waals surface area contributed by atoms with E-state index in [1.807, 2.05) is 27.9 Å². The lowest BCUT2D eigenvalue weighted by molar-refractivity contribution is -0.132. The van der Waals surface area contributed by atoms with Gasteiger partial charge in [-0.3, -0.25) is 14.5 Å². The van der Waals surface area contributed by atoms with E-state index in [2.05, 4.69) is 16.1 Å². The van der Waals surface area contributed by atoms with Crippen LogP contribution in [0, 0.1) is 17.7 Å². The topological polar surface area (TPSA) is 51.0 Å². The molecule has 3 aromatic rings. The molecule has 6 heteroatoms. The fourth-order valence-electron chi connectivity index (χ4n) is 5.42. The van der Waals surface area contributed by atoms with Gasteiger partial charge in [0.2, 0.25) is 5.91 Å². The van der Waals surface area contributed by atoms with Gasteiger partial charge in [-0.25, -0.2) is 4.39 Å². The van der Waals surface area contributed by atoms with E-state index in [1.54, 1.807) is 6.20 Å². The molecule has 6 rings (SSSR count). The summed E-state index contributed by atoms with van der Waals surface area (Å²) in [6.07, 6.45) is 13.1. The minimum atomic E-state index is -0.301.